The Morgan fingerprint density at radius 3 is 3.11 bits per heavy atom. The molecule has 0 aliphatic carbocycles. The van der Waals surface area contributed by atoms with Crippen LogP contribution < -0.4 is 0 Å². The molecule has 0 bridgehead atoms. The van der Waals surface area contributed by atoms with Gasteiger partial charge < -0.3 is 4.57 Å². The van der Waals surface area contributed by atoms with E-state index in [0.717, 1.165) is 37.0 Å². The number of hydrogen-bond donors (Lipinski definition) is 0. The Morgan fingerprint density at radius 2 is 2.26 bits per heavy atom. The van der Waals surface area contributed by atoms with Gasteiger partial charge in [-0.15, -0.1) is 10.2 Å². The lowest BCUT2D eigenvalue weighted by atomic mass is 10.0. The van der Waals surface area contributed by atoms with Gasteiger partial charge in [0.25, 0.3) is 0 Å². The molecule has 1 aliphatic heterocycles. The number of hydrogen-bond acceptors (Lipinski definition) is 3. The van der Waals surface area contributed by atoms with Crippen LogP contribution in [0.25, 0.3) is 0 Å². The lowest BCUT2D eigenvalue weighted by molar-refractivity contribution is 0.207. The quantitative estimate of drug-likeness (QED) is 0.864. The van der Waals surface area contributed by atoms with Crippen molar-refractivity contribution in [3.05, 3.63) is 47.0 Å². The van der Waals surface area contributed by atoms with Crippen LogP contribution in [-0.4, -0.2) is 32.8 Å². The van der Waals surface area contributed by atoms with Crippen LogP contribution in [-0.2, 0) is 13.1 Å². The Hall–Kier alpha value is -1.39. The van der Waals surface area contributed by atoms with E-state index in [0.29, 0.717) is 5.92 Å². The zero-order valence-electron chi connectivity index (χ0n) is 11.0. The number of halogens is 1. The third-order valence-electron chi connectivity index (χ3n) is 3.67. The summed E-state index contributed by atoms with van der Waals surface area (Å²) in [4.78, 5) is 2.43. The van der Waals surface area contributed by atoms with Crippen LogP contribution in [0.3, 0.4) is 0 Å². The summed E-state index contributed by atoms with van der Waals surface area (Å²) in [5, 5.41) is 8.92. The third-order valence-corrected chi connectivity index (χ3v) is 3.90. The second-order valence-electron chi connectivity index (χ2n) is 5.13. The summed E-state index contributed by atoms with van der Waals surface area (Å²) < 4.78 is 2.13. The fourth-order valence-corrected chi connectivity index (χ4v) is 2.78. The van der Waals surface area contributed by atoms with Gasteiger partial charge in [0, 0.05) is 24.7 Å². The molecule has 0 saturated heterocycles. The van der Waals surface area contributed by atoms with Gasteiger partial charge in [-0.3, -0.25) is 4.90 Å². The molecule has 100 valence electrons. The fraction of sp³-hybridized carbons (Fsp3) is 0.429. The Bertz CT molecular complexity index is 566. The monoisotopic (exact) mass is 276 g/mol. The number of aromatic nitrogens is 3. The maximum atomic E-state index is 6.05. The summed E-state index contributed by atoms with van der Waals surface area (Å²) >= 11 is 6.05. The van der Waals surface area contributed by atoms with E-state index in [1.54, 1.807) is 0 Å². The minimum Gasteiger partial charge on any atom is -0.315 e. The van der Waals surface area contributed by atoms with E-state index < -0.39 is 0 Å². The molecule has 0 fully saturated rings. The van der Waals surface area contributed by atoms with Crippen LogP contribution in [0.1, 0.15) is 24.2 Å². The molecule has 5 heteroatoms. The summed E-state index contributed by atoms with van der Waals surface area (Å²) in [6.45, 7) is 6.17. The van der Waals surface area contributed by atoms with Gasteiger partial charge >= 0.3 is 0 Å². The minimum absolute atomic E-state index is 0.466. The highest BCUT2D eigenvalue weighted by Crippen LogP contribution is 2.21. The van der Waals surface area contributed by atoms with Crippen molar-refractivity contribution < 1.29 is 0 Å². The SMILES string of the molecule is C[C@H](CN1CCn2cnnc2C1)c1cccc(Cl)c1. The molecule has 0 unspecified atom stereocenters. The maximum absolute atomic E-state index is 6.05. The molecule has 19 heavy (non-hydrogen) atoms. The van der Waals surface area contributed by atoms with Crippen LogP contribution >= 0.6 is 11.6 Å². The van der Waals surface area contributed by atoms with Crippen molar-refractivity contribution in [2.45, 2.75) is 25.9 Å². The van der Waals surface area contributed by atoms with Gasteiger partial charge in [-0.05, 0) is 23.6 Å². The van der Waals surface area contributed by atoms with E-state index >= 15 is 0 Å². The Balaban J connectivity index is 1.66. The first-order valence-corrected chi connectivity index (χ1v) is 6.94. The van der Waals surface area contributed by atoms with Crippen molar-refractivity contribution in [1.82, 2.24) is 19.7 Å². The van der Waals surface area contributed by atoms with Crippen molar-refractivity contribution in [2.75, 3.05) is 13.1 Å². The van der Waals surface area contributed by atoms with E-state index in [-0.39, 0.29) is 0 Å². The Morgan fingerprint density at radius 1 is 1.37 bits per heavy atom. The van der Waals surface area contributed by atoms with Crippen molar-refractivity contribution >= 4 is 11.6 Å². The number of rotatable bonds is 3. The predicted molar refractivity (Wildman–Crippen MR) is 75.2 cm³/mol. The van der Waals surface area contributed by atoms with Crippen molar-refractivity contribution in [1.29, 1.82) is 0 Å². The van der Waals surface area contributed by atoms with Gasteiger partial charge in [-0.2, -0.15) is 0 Å². The zero-order valence-corrected chi connectivity index (χ0v) is 11.7. The Kier molecular flexibility index (Phi) is 3.53. The lowest BCUT2D eigenvalue weighted by Gasteiger charge is -2.29. The molecule has 4 nitrogen and oxygen atoms in total. The standard InChI is InChI=1S/C14H17ClN4/c1-11(12-3-2-4-13(15)7-12)8-18-5-6-19-10-16-17-14(19)9-18/h2-4,7,10-11H,5-6,8-9H2,1H3/t11-/m1/s1. The first-order chi connectivity index (χ1) is 9.22. The summed E-state index contributed by atoms with van der Waals surface area (Å²) in [6.07, 6.45) is 1.81. The topological polar surface area (TPSA) is 34.0 Å². The molecule has 2 heterocycles. The zero-order chi connectivity index (χ0) is 13.2. The second kappa shape index (κ2) is 5.31. The molecule has 0 spiro atoms. The molecule has 3 rings (SSSR count). The molecule has 1 aliphatic rings. The van der Waals surface area contributed by atoms with Crippen LogP contribution in [0.2, 0.25) is 5.02 Å². The van der Waals surface area contributed by atoms with Crippen LogP contribution in [0.5, 0.6) is 0 Å². The van der Waals surface area contributed by atoms with Crippen LogP contribution in [0.15, 0.2) is 30.6 Å². The summed E-state index contributed by atoms with van der Waals surface area (Å²) in [6, 6.07) is 8.13. The lowest BCUT2D eigenvalue weighted by Crippen LogP contribution is -2.36. The average molecular weight is 277 g/mol. The van der Waals surface area contributed by atoms with E-state index in [2.05, 4.69) is 38.7 Å². The molecule has 0 N–H and O–H groups in total. The van der Waals surface area contributed by atoms with Gasteiger partial charge in [0.1, 0.15) is 12.2 Å². The molecule has 1 aromatic carbocycles. The smallest absolute Gasteiger partial charge is 0.147 e. The van der Waals surface area contributed by atoms with Gasteiger partial charge in [0.2, 0.25) is 0 Å². The summed E-state index contributed by atoms with van der Waals surface area (Å²) in [7, 11) is 0. The van der Waals surface area contributed by atoms with Crippen molar-refractivity contribution in [2.24, 2.45) is 0 Å². The van der Waals surface area contributed by atoms with Gasteiger partial charge in [0.15, 0.2) is 0 Å². The maximum Gasteiger partial charge on any atom is 0.147 e. The van der Waals surface area contributed by atoms with Gasteiger partial charge in [-0.1, -0.05) is 30.7 Å². The molecule has 0 saturated carbocycles. The highest BCUT2D eigenvalue weighted by molar-refractivity contribution is 6.30. The van der Waals surface area contributed by atoms with Gasteiger partial charge in [0.05, 0.1) is 6.54 Å². The highest BCUT2D eigenvalue weighted by atomic mass is 35.5. The van der Waals surface area contributed by atoms with Crippen molar-refractivity contribution in [3.8, 4) is 0 Å². The fourth-order valence-electron chi connectivity index (χ4n) is 2.58. The second-order valence-corrected chi connectivity index (χ2v) is 5.57. The molecule has 1 aromatic heterocycles. The van der Waals surface area contributed by atoms with E-state index in [1.165, 1.54) is 5.56 Å². The minimum atomic E-state index is 0.466. The molecule has 0 radical (unpaired) electrons. The molecular formula is C14H17ClN4. The Labute approximate surface area is 118 Å². The normalized spacial score (nSPS) is 17.2. The third kappa shape index (κ3) is 2.80. The average Bonchev–Trinajstić information content (AvgIpc) is 2.86. The van der Waals surface area contributed by atoms with Crippen molar-refractivity contribution in [3.63, 3.8) is 0 Å². The highest BCUT2D eigenvalue weighted by Gasteiger charge is 2.19. The number of nitrogens with zero attached hydrogens (tertiary/aromatic N) is 4. The molecule has 0 amide bonds. The van der Waals surface area contributed by atoms with E-state index in [1.807, 2.05) is 18.5 Å². The van der Waals surface area contributed by atoms with E-state index in [9.17, 15) is 0 Å². The number of benzene rings is 1. The molecule has 2 aromatic rings. The number of fused-ring (bicyclic) bond motifs is 1. The van der Waals surface area contributed by atoms with Gasteiger partial charge in [-0.25, -0.2) is 0 Å². The largest absolute Gasteiger partial charge is 0.315 e. The van der Waals surface area contributed by atoms with E-state index in [4.69, 9.17) is 11.6 Å². The molecule has 1 atom stereocenters. The first kappa shape index (κ1) is 12.6. The molecular weight excluding hydrogens is 260 g/mol. The van der Waals surface area contributed by atoms with Crippen LogP contribution in [0, 0.1) is 0 Å². The van der Waals surface area contributed by atoms with Crippen LogP contribution in [0.4, 0.5) is 0 Å². The summed E-state index contributed by atoms with van der Waals surface area (Å²) in [5.41, 5.74) is 1.29. The first-order valence-electron chi connectivity index (χ1n) is 6.57. The summed E-state index contributed by atoms with van der Waals surface area (Å²) in [5.74, 6) is 1.53. The predicted octanol–water partition coefficient (Wildman–Crippen LogP) is 2.55.